The van der Waals surface area contributed by atoms with Gasteiger partial charge in [-0.3, -0.25) is 4.79 Å². The molecule has 0 unspecified atom stereocenters. The van der Waals surface area contributed by atoms with Gasteiger partial charge in [-0.2, -0.15) is 0 Å². The van der Waals surface area contributed by atoms with Crippen LogP contribution >= 0.6 is 0 Å². The third kappa shape index (κ3) is 4.09. The van der Waals surface area contributed by atoms with E-state index >= 15 is 0 Å². The Kier molecular flexibility index (Phi) is 5.18. The van der Waals surface area contributed by atoms with Gasteiger partial charge in [0.15, 0.2) is 0 Å². The zero-order chi connectivity index (χ0) is 17.6. The first-order chi connectivity index (χ1) is 12.2. The molecule has 130 valence electrons. The van der Waals surface area contributed by atoms with E-state index in [2.05, 4.69) is 16.0 Å². The first-order valence-corrected chi connectivity index (χ1v) is 8.35. The van der Waals surface area contributed by atoms with Gasteiger partial charge in [-0.15, -0.1) is 0 Å². The van der Waals surface area contributed by atoms with Crippen LogP contribution in [-0.2, 0) is 0 Å². The molecule has 3 amide bonds. The quantitative estimate of drug-likeness (QED) is 0.801. The molecular formula is C19H21N3O3. The fourth-order valence-corrected chi connectivity index (χ4v) is 2.78. The highest BCUT2D eigenvalue weighted by atomic mass is 16.5. The maximum Gasteiger partial charge on any atom is 0.319 e. The standard InChI is InChI=1S/C19H21N3O3/c1-2-20-18(23)13-7-9-14(10-8-13)21-19(24)22-16-11-12-25-17-6-4-3-5-15(16)17/h3-10,16H,2,11-12H2,1H3,(H,20,23)(H2,21,22,24)/t16-/m0/s1. The zero-order valence-electron chi connectivity index (χ0n) is 14.0. The molecule has 3 N–H and O–H groups in total. The largest absolute Gasteiger partial charge is 0.493 e. The number of hydrogen-bond donors (Lipinski definition) is 3. The molecule has 0 saturated carbocycles. The smallest absolute Gasteiger partial charge is 0.319 e. The van der Waals surface area contributed by atoms with Crippen molar-refractivity contribution in [3.8, 4) is 5.75 Å². The van der Waals surface area contributed by atoms with Gasteiger partial charge in [0.1, 0.15) is 5.75 Å². The molecule has 1 aliphatic heterocycles. The van der Waals surface area contributed by atoms with E-state index in [1.807, 2.05) is 31.2 Å². The van der Waals surface area contributed by atoms with Crippen molar-refractivity contribution >= 4 is 17.6 Å². The predicted molar refractivity (Wildman–Crippen MR) is 95.9 cm³/mol. The molecule has 25 heavy (non-hydrogen) atoms. The topological polar surface area (TPSA) is 79.5 Å². The summed E-state index contributed by atoms with van der Waals surface area (Å²) in [4.78, 5) is 24.0. The Morgan fingerprint density at radius 1 is 1.12 bits per heavy atom. The van der Waals surface area contributed by atoms with E-state index in [9.17, 15) is 9.59 Å². The van der Waals surface area contributed by atoms with Crippen LogP contribution in [0.5, 0.6) is 5.75 Å². The van der Waals surface area contributed by atoms with Crippen LogP contribution in [0.2, 0.25) is 0 Å². The number of para-hydroxylation sites is 1. The molecule has 6 nitrogen and oxygen atoms in total. The third-order valence-electron chi connectivity index (χ3n) is 4.01. The van der Waals surface area contributed by atoms with Crippen LogP contribution < -0.4 is 20.7 Å². The van der Waals surface area contributed by atoms with Crippen molar-refractivity contribution < 1.29 is 14.3 Å². The number of anilines is 1. The number of hydrogen-bond acceptors (Lipinski definition) is 3. The number of amides is 3. The molecule has 2 aromatic carbocycles. The van der Waals surface area contributed by atoms with Crippen LogP contribution in [0.3, 0.4) is 0 Å². The van der Waals surface area contributed by atoms with Crippen molar-refractivity contribution in [1.29, 1.82) is 0 Å². The van der Waals surface area contributed by atoms with Gasteiger partial charge in [-0.1, -0.05) is 18.2 Å². The predicted octanol–water partition coefficient (Wildman–Crippen LogP) is 3.08. The molecule has 6 heteroatoms. The minimum Gasteiger partial charge on any atom is -0.493 e. The van der Waals surface area contributed by atoms with E-state index < -0.39 is 0 Å². The molecule has 1 atom stereocenters. The summed E-state index contributed by atoms with van der Waals surface area (Å²) in [6, 6.07) is 14.1. The summed E-state index contributed by atoms with van der Waals surface area (Å²) >= 11 is 0. The average molecular weight is 339 g/mol. The Labute approximate surface area is 146 Å². The minimum atomic E-state index is -0.285. The van der Waals surface area contributed by atoms with Gasteiger partial charge in [-0.05, 0) is 37.3 Å². The Morgan fingerprint density at radius 2 is 1.88 bits per heavy atom. The summed E-state index contributed by atoms with van der Waals surface area (Å²) in [6.45, 7) is 3.02. The Balaban J connectivity index is 1.61. The monoisotopic (exact) mass is 339 g/mol. The summed E-state index contributed by atoms with van der Waals surface area (Å²) in [6.07, 6.45) is 0.723. The number of urea groups is 1. The number of rotatable bonds is 4. The van der Waals surface area contributed by atoms with Crippen LogP contribution in [0.25, 0.3) is 0 Å². The fourth-order valence-electron chi connectivity index (χ4n) is 2.78. The minimum absolute atomic E-state index is 0.0837. The van der Waals surface area contributed by atoms with E-state index in [-0.39, 0.29) is 18.0 Å². The number of nitrogens with one attached hydrogen (secondary N) is 3. The van der Waals surface area contributed by atoms with Crippen molar-refractivity contribution in [3.63, 3.8) is 0 Å². The van der Waals surface area contributed by atoms with Gasteiger partial charge in [0, 0.05) is 29.8 Å². The molecular weight excluding hydrogens is 318 g/mol. The molecule has 0 spiro atoms. The van der Waals surface area contributed by atoms with Gasteiger partial charge < -0.3 is 20.7 Å². The molecule has 0 aromatic heterocycles. The molecule has 0 aliphatic carbocycles. The van der Waals surface area contributed by atoms with E-state index in [1.165, 1.54) is 0 Å². The number of benzene rings is 2. The SMILES string of the molecule is CCNC(=O)c1ccc(NC(=O)N[C@H]2CCOc3ccccc32)cc1. The van der Waals surface area contributed by atoms with Crippen LogP contribution in [0.1, 0.15) is 35.3 Å². The van der Waals surface area contributed by atoms with Crippen LogP contribution in [0.15, 0.2) is 48.5 Å². The lowest BCUT2D eigenvalue weighted by Gasteiger charge is -2.26. The summed E-state index contributed by atoms with van der Waals surface area (Å²) in [5.74, 6) is 0.683. The molecule has 0 radical (unpaired) electrons. The normalized spacial score (nSPS) is 15.5. The van der Waals surface area contributed by atoms with Gasteiger partial charge in [-0.25, -0.2) is 4.79 Å². The number of carbonyl (C=O) groups excluding carboxylic acids is 2. The van der Waals surface area contributed by atoms with Crippen LogP contribution in [0.4, 0.5) is 10.5 Å². The maximum absolute atomic E-state index is 12.3. The van der Waals surface area contributed by atoms with E-state index in [0.29, 0.717) is 24.4 Å². The van der Waals surface area contributed by atoms with Crippen molar-refractivity contribution in [2.45, 2.75) is 19.4 Å². The summed E-state index contributed by atoms with van der Waals surface area (Å²) in [5.41, 5.74) is 2.17. The van der Waals surface area contributed by atoms with Crippen LogP contribution in [0, 0.1) is 0 Å². The molecule has 1 heterocycles. The van der Waals surface area contributed by atoms with Crippen molar-refractivity contribution in [1.82, 2.24) is 10.6 Å². The van der Waals surface area contributed by atoms with Crippen molar-refractivity contribution in [3.05, 3.63) is 59.7 Å². The fraction of sp³-hybridized carbons (Fsp3) is 0.263. The number of fused-ring (bicyclic) bond motifs is 1. The van der Waals surface area contributed by atoms with Crippen LogP contribution in [-0.4, -0.2) is 25.1 Å². The highest BCUT2D eigenvalue weighted by Gasteiger charge is 2.22. The van der Waals surface area contributed by atoms with Gasteiger partial charge in [0.2, 0.25) is 0 Å². The Hall–Kier alpha value is -3.02. The third-order valence-corrected chi connectivity index (χ3v) is 4.01. The second-order valence-corrected chi connectivity index (χ2v) is 5.76. The second kappa shape index (κ2) is 7.70. The molecule has 3 rings (SSSR count). The highest BCUT2D eigenvalue weighted by Crippen LogP contribution is 2.31. The maximum atomic E-state index is 12.3. The zero-order valence-corrected chi connectivity index (χ0v) is 14.0. The van der Waals surface area contributed by atoms with Gasteiger partial charge >= 0.3 is 6.03 Å². The summed E-state index contributed by atoms with van der Waals surface area (Å²) < 4.78 is 5.60. The average Bonchev–Trinajstić information content (AvgIpc) is 2.63. The van der Waals surface area contributed by atoms with E-state index in [4.69, 9.17) is 4.74 Å². The first-order valence-electron chi connectivity index (χ1n) is 8.35. The molecule has 0 bridgehead atoms. The second-order valence-electron chi connectivity index (χ2n) is 5.76. The first kappa shape index (κ1) is 16.8. The number of carbonyl (C=O) groups is 2. The molecule has 2 aromatic rings. The molecule has 0 fully saturated rings. The Morgan fingerprint density at radius 3 is 2.64 bits per heavy atom. The van der Waals surface area contributed by atoms with E-state index in [1.54, 1.807) is 24.3 Å². The summed E-state index contributed by atoms with van der Waals surface area (Å²) in [5, 5.41) is 8.50. The Bertz CT molecular complexity index is 759. The van der Waals surface area contributed by atoms with Gasteiger partial charge in [0.05, 0.1) is 12.6 Å². The molecule has 1 aliphatic rings. The lowest BCUT2D eigenvalue weighted by Crippen LogP contribution is -2.35. The van der Waals surface area contributed by atoms with E-state index in [0.717, 1.165) is 17.7 Å². The lowest BCUT2D eigenvalue weighted by atomic mass is 10.0. The van der Waals surface area contributed by atoms with Crippen molar-refractivity contribution in [2.75, 3.05) is 18.5 Å². The van der Waals surface area contributed by atoms with Crippen molar-refractivity contribution in [2.24, 2.45) is 0 Å². The van der Waals surface area contributed by atoms with Gasteiger partial charge in [0.25, 0.3) is 5.91 Å². The molecule has 0 saturated heterocycles. The number of ether oxygens (including phenoxy) is 1. The summed E-state index contributed by atoms with van der Waals surface area (Å²) in [7, 11) is 0. The lowest BCUT2D eigenvalue weighted by molar-refractivity contribution is 0.0956. The highest BCUT2D eigenvalue weighted by molar-refractivity contribution is 5.95.